The fourth-order valence-corrected chi connectivity index (χ4v) is 2.79. The van der Waals surface area contributed by atoms with Gasteiger partial charge in [0.1, 0.15) is 0 Å². The van der Waals surface area contributed by atoms with E-state index in [0.29, 0.717) is 5.56 Å². The largest absolute Gasteiger partial charge is 0.320 e. The Balaban J connectivity index is 2.18. The van der Waals surface area contributed by atoms with Crippen molar-refractivity contribution >= 4 is 22.5 Å². The molecule has 1 aliphatic heterocycles. The zero-order valence-corrected chi connectivity index (χ0v) is 10.5. The number of rotatable bonds is 0. The number of amides is 1. The molecule has 1 aliphatic rings. The van der Waals surface area contributed by atoms with Gasteiger partial charge < -0.3 is 9.88 Å². The molecule has 2 heterocycles. The summed E-state index contributed by atoms with van der Waals surface area (Å²) >= 11 is 0. The van der Waals surface area contributed by atoms with E-state index in [4.69, 9.17) is 0 Å². The minimum Gasteiger partial charge on any atom is -0.320 e. The number of carbonyl (C=O) groups is 1. The summed E-state index contributed by atoms with van der Waals surface area (Å²) in [6.07, 6.45) is 2.02. The van der Waals surface area contributed by atoms with Crippen LogP contribution in [0, 0.1) is 6.92 Å². The monoisotopic (exact) mass is 248 g/mol. The van der Waals surface area contributed by atoms with Crippen LogP contribution in [0.5, 0.6) is 0 Å². The molecule has 0 atom stereocenters. The van der Waals surface area contributed by atoms with Gasteiger partial charge in [0, 0.05) is 11.6 Å². The average molecular weight is 248 g/mol. The molecule has 0 saturated carbocycles. The lowest BCUT2D eigenvalue weighted by Gasteiger charge is -2.07. The normalized spacial score (nSPS) is 13.0. The van der Waals surface area contributed by atoms with Crippen LogP contribution in [0.3, 0.4) is 0 Å². The van der Waals surface area contributed by atoms with Crippen LogP contribution in [0.2, 0.25) is 0 Å². The van der Waals surface area contributed by atoms with Crippen molar-refractivity contribution in [2.75, 3.05) is 5.32 Å². The lowest BCUT2D eigenvalue weighted by molar-refractivity contribution is 0.102. The highest BCUT2D eigenvalue weighted by Gasteiger charge is 2.20. The van der Waals surface area contributed by atoms with E-state index in [2.05, 4.69) is 22.0 Å². The van der Waals surface area contributed by atoms with Gasteiger partial charge in [-0.05, 0) is 42.8 Å². The standard InChI is InChI=1S/C16H12N2O/c1-10-8-11-6-7-18-14-5-3-2-4-12(14)16(19)17-13(9-10)15(11)18/h2-9H,1H3,(H,17,19). The first kappa shape index (κ1) is 10.4. The minimum absolute atomic E-state index is 0.0498. The summed E-state index contributed by atoms with van der Waals surface area (Å²) < 4.78 is 2.08. The van der Waals surface area contributed by atoms with E-state index < -0.39 is 0 Å². The summed E-state index contributed by atoms with van der Waals surface area (Å²) in [5.41, 5.74) is 4.71. The van der Waals surface area contributed by atoms with E-state index in [-0.39, 0.29) is 5.91 Å². The van der Waals surface area contributed by atoms with E-state index >= 15 is 0 Å². The van der Waals surface area contributed by atoms with Crippen LogP contribution in [0.15, 0.2) is 48.7 Å². The molecule has 0 radical (unpaired) electrons. The quantitative estimate of drug-likeness (QED) is 0.649. The molecular weight excluding hydrogens is 236 g/mol. The SMILES string of the molecule is Cc1cc2c3c(ccn3-c3ccccc3C(=O)N2)c1. The highest BCUT2D eigenvalue weighted by molar-refractivity contribution is 6.13. The third-order valence-corrected chi connectivity index (χ3v) is 3.58. The van der Waals surface area contributed by atoms with Crippen LogP contribution >= 0.6 is 0 Å². The van der Waals surface area contributed by atoms with E-state index in [1.54, 1.807) is 0 Å². The summed E-state index contributed by atoms with van der Waals surface area (Å²) in [6.45, 7) is 2.04. The van der Waals surface area contributed by atoms with E-state index in [0.717, 1.165) is 27.8 Å². The van der Waals surface area contributed by atoms with Crippen molar-refractivity contribution in [2.45, 2.75) is 6.92 Å². The Morgan fingerprint density at radius 2 is 1.95 bits per heavy atom. The first-order chi connectivity index (χ1) is 9.24. The van der Waals surface area contributed by atoms with Crippen molar-refractivity contribution in [1.82, 2.24) is 4.57 Å². The van der Waals surface area contributed by atoms with Crippen LogP contribution < -0.4 is 5.32 Å². The molecule has 19 heavy (non-hydrogen) atoms. The van der Waals surface area contributed by atoms with E-state index in [9.17, 15) is 4.79 Å². The van der Waals surface area contributed by atoms with Crippen molar-refractivity contribution in [3.8, 4) is 5.69 Å². The van der Waals surface area contributed by atoms with E-state index in [1.807, 2.05) is 43.5 Å². The van der Waals surface area contributed by atoms with Gasteiger partial charge >= 0.3 is 0 Å². The number of para-hydroxylation sites is 1. The number of nitrogens with one attached hydrogen (secondary N) is 1. The number of anilines is 1. The van der Waals surface area contributed by atoms with Gasteiger partial charge in [-0.1, -0.05) is 12.1 Å². The zero-order valence-electron chi connectivity index (χ0n) is 10.5. The number of nitrogens with zero attached hydrogens (tertiary/aromatic N) is 1. The van der Waals surface area contributed by atoms with Crippen molar-refractivity contribution < 1.29 is 4.79 Å². The second kappa shape index (κ2) is 3.48. The molecule has 4 rings (SSSR count). The van der Waals surface area contributed by atoms with Crippen molar-refractivity contribution in [3.05, 3.63) is 59.8 Å². The smallest absolute Gasteiger partial charge is 0.257 e. The lowest BCUT2D eigenvalue weighted by atomic mass is 10.1. The molecule has 0 unspecified atom stereocenters. The number of aromatic nitrogens is 1. The second-order valence-electron chi connectivity index (χ2n) is 4.91. The fourth-order valence-electron chi connectivity index (χ4n) is 2.79. The number of carbonyl (C=O) groups excluding carboxylic acids is 1. The van der Waals surface area contributed by atoms with Crippen LogP contribution in [-0.4, -0.2) is 10.5 Å². The summed E-state index contributed by atoms with van der Waals surface area (Å²) in [5, 5.41) is 4.16. The Hall–Kier alpha value is -2.55. The molecule has 0 fully saturated rings. The molecular formula is C16H12N2O. The van der Waals surface area contributed by atoms with Gasteiger partial charge in [-0.25, -0.2) is 0 Å². The first-order valence-electron chi connectivity index (χ1n) is 6.26. The maximum atomic E-state index is 12.3. The molecule has 3 nitrogen and oxygen atoms in total. The zero-order chi connectivity index (χ0) is 13.0. The van der Waals surface area contributed by atoms with Gasteiger partial charge in [0.05, 0.1) is 22.5 Å². The Kier molecular flexibility index (Phi) is 1.90. The van der Waals surface area contributed by atoms with Gasteiger partial charge in [0.15, 0.2) is 0 Å². The number of hydrogen-bond acceptors (Lipinski definition) is 1. The number of fused-ring (bicyclic) bond motifs is 2. The van der Waals surface area contributed by atoms with Crippen LogP contribution in [0.1, 0.15) is 15.9 Å². The van der Waals surface area contributed by atoms with Gasteiger partial charge in [-0.2, -0.15) is 0 Å². The molecule has 2 aromatic carbocycles. The fraction of sp³-hybridized carbons (Fsp3) is 0.0625. The molecule has 3 aromatic rings. The van der Waals surface area contributed by atoms with Crippen molar-refractivity contribution in [2.24, 2.45) is 0 Å². The topological polar surface area (TPSA) is 34.0 Å². The molecule has 1 aromatic heterocycles. The molecule has 0 saturated heterocycles. The Morgan fingerprint density at radius 1 is 1.11 bits per heavy atom. The Morgan fingerprint density at radius 3 is 2.84 bits per heavy atom. The van der Waals surface area contributed by atoms with Crippen molar-refractivity contribution in [3.63, 3.8) is 0 Å². The number of hydrogen-bond donors (Lipinski definition) is 1. The van der Waals surface area contributed by atoms with E-state index in [1.165, 1.54) is 0 Å². The molecule has 0 spiro atoms. The molecule has 3 heteroatoms. The maximum Gasteiger partial charge on any atom is 0.257 e. The summed E-state index contributed by atoms with van der Waals surface area (Å²) in [4.78, 5) is 12.3. The molecule has 1 amide bonds. The molecule has 0 aliphatic carbocycles. The third kappa shape index (κ3) is 1.35. The maximum absolute atomic E-state index is 12.3. The third-order valence-electron chi connectivity index (χ3n) is 3.58. The lowest BCUT2D eigenvalue weighted by Crippen LogP contribution is -2.11. The molecule has 0 bridgehead atoms. The number of benzene rings is 2. The minimum atomic E-state index is -0.0498. The molecule has 92 valence electrons. The second-order valence-corrected chi connectivity index (χ2v) is 4.91. The van der Waals surface area contributed by atoms with Gasteiger partial charge in [-0.3, -0.25) is 4.79 Å². The predicted molar refractivity (Wildman–Crippen MR) is 76.0 cm³/mol. The highest BCUT2D eigenvalue weighted by Crippen LogP contribution is 2.33. The van der Waals surface area contributed by atoms with Crippen LogP contribution in [0.4, 0.5) is 5.69 Å². The predicted octanol–water partition coefficient (Wildman–Crippen LogP) is 3.50. The highest BCUT2D eigenvalue weighted by atomic mass is 16.1. The number of aryl methyl sites for hydroxylation is 1. The van der Waals surface area contributed by atoms with Gasteiger partial charge in [0.2, 0.25) is 0 Å². The average Bonchev–Trinajstić information content (AvgIpc) is 2.77. The van der Waals surface area contributed by atoms with Gasteiger partial charge in [0.25, 0.3) is 5.91 Å². The van der Waals surface area contributed by atoms with Crippen molar-refractivity contribution in [1.29, 1.82) is 0 Å². The molecule has 1 N–H and O–H groups in total. The summed E-state index contributed by atoms with van der Waals surface area (Å²) in [5.74, 6) is -0.0498. The Bertz CT molecular complexity index is 830. The first-order valence-corrected chi connectivity index (χ1v) is 6.26. The summed E-state index contributed by atoms with van der Waals surface area (Å²) in [6, 6.07) is 13.9. The van der Waals surface area contributed by atoms with Crippen LogP contribution in [0.25, 0.3) is 16.6 Å². The van der Waals surface area contributed by atoms with Crippen LogP contribution in [-0.2, 0) is 0 Å². The van der Waals surface area contributed by atoms with Gasteiger partial charge in [-0.15, -0.1) is 0 Å². The summed E-state index contributed by atoms with van der Waals surface area (Å²) in [7, 11) is 0. The Labute approximate surface area is 110 Å².